The van der Waals surface area contributed by atoms with Crippen LogP contribution >= 0.6 is 0 Å². The fraction of sp³-hybridized carbons (Fsp3) is 0.118. The summed E-state index contributed by atoms with van der Waals surface area (Å²) in [6.07, 6.45) is 1.64. The van der Waals surface area contributed by atoms with Crippen molar-refractivity contribution < 1.29 is 9.53 Å². The molecule has 19 heavy (non-hydrogen) atoms. The highest BCUT2D eigenvalue weighted by atomic mass is 16.5. The average molecular weight is 252 g/mol. The zero-order valence-electron chi connectivity index (χ0n) is 10.7. The first-order chi connectivity index (χ1) is 9.29. The molecular weight excluding hydrogens is 236 g/mol. The first-order valence-corrected chi connectivity index (χ1v) is 6.22. The first kappa shape index (κ1) is 13.1. The molecule has 0 fully saturated rings. The molecule has 0 aliphatic carbocycles. The maximum absolute atomic E-state index is 12.1. The summed E-state index contributed by atoms with van der Waals surface area (Å²) >= 11 is 0. The van der Waals surface area contributed by atoms with Gasteiger partial charge < -0.3 is 4.74 Å². The van der Waals surface area contributed by atoms with E-state index in [9.17, 15) is 4.79 Å². The topological polar surface area (TPSA) is 26.3 Å². The van der Waals surface area contributed by atoms with Gasteiger partial charge in [-0.15, -0.1) is 0 Å². The van der Waals surface area contributed by atoms with E-state index in [-0.39, 0.29) is 11.9 Å². The van der Waals surface area contributed by atoms with E-state index in [1.165, 1.54) is 0 Å². The van der Waals surface area contributed by atoms with Crippen LogP contribution in [0.2, 0.25) is 0 Å². The molecule has 2 aromatic rings. The lowest BCUT2D eigenvalue weighted by molar-refractivity contribution is 0.0936. The molecule has 0 amide bonds. The van der Waals surface area contributed by atoms with Crippen molar-refractivity contribution in [3.05, 3.63) is 78.9 Å². The van der Waals surface area contributed by atoms with Crippen LogP contribution in [-0.4, -0.2) is 11.9 Å². The Morgan fingerprint density at radius 1 is 1.05 bits per heavy atom. The number of ketones is 1. The van der Waals surface area contributed by atoms with E-state index >= 15 is 0 Å². The lowest BCUT2D eigenvalue weighted by Gasteiger charge is -2.14. The summed E-state index contributed by atoms with van der Waals surface area (Å²) in [5.41, 5.74) is 0.700. The Morgan fingerprint density at radius 2 is 1.63 bits per heavy atom. The number of hydrogen-bond acceptors (Lipinski definition) is 2. The van der Waals surface area contributed by atoms with Crippen LogP contribution < -0.4 is 4.74 Å². The van der Waals surface area contributed by atoms with Crippen molar-refractivity contribution in [2.24, 2.45) is 0 Å². The molecule has 2 aromatic carbocycles. The molecule has 0 aliphatic rings. The van der Waals surface area contributed by atoms with Gasteiger partial charge in [0, 0.05) is 5.56 Å². The highest BCUT2D eigenvalue weighted by Gasteiger charge is 2.13. The Morgan fingerprint density at radius 3 is 2.21 bits per heavy atom. The van der Waals surface area contributed by atoms with E-state index in [0.717, 1.165) is 5.75 Å². The summed E-state index contributed by atoms with van der Waals surface area (Å²) in [5, 5.41) is 0. The minimum absolute atomic E-state index is 0.0569. The van der Waals surface area contributed by atoms with E-state index < -0.39 is 0 Å². The minimum atomic E-state index is -0.310. The van der Waals surface area contributed by atoms with Gasteiger partial charge in [0.1, 0.15) is 11.9 Å². The summed E-state index contributed by atoms with van der Waals surface area (Å²) in [5.74, 6) is 0.801. The van der Waals surface area contributed by atoms with Crippen LogP contribution in [0, 0.1) is 0 Å². The van der Waals surface area contributed by atoms with Crippen molar-refractivity contribution in [2.75, 3.05) is 0 Å². The highest BCUT2D eigenvalue weighted by molar-refractivity contribution is 5.96. The molecule has 0 saturated carbocycles. The predicted octanol–water partition coefficient (Wildman–Crippen LogP) is 3.89. The number of Topliss-reactive ketones (excluding diaryl/α,β-unsaturated/α-hetero) is 1. The van der Waals surface area contributed by atoms with E-state index in [4.69, 9.17) is 4.74 Å². The second-order valence-electron chi connectivity index (χ2n) is 4.20. The van der Waals surface area contributed by atoms with Crippen molar-refractivity contribution >= 4 is 5.78 Å². The van der Waals surface area contributed by atoms with Crippen molar-refractivity contribution in [2.45, 2.75) is 12.5 Å². The molecule has 0 heterocycles. The minimum Gasteiger partial charge on any atom is -0.486 e. The van der Waals surface area contributed by atoms with E-state index in [2.05, 4.69) is 6.58 Å². The van der Waals surface area contributed by atoms with Crippen LogP contribution in [0.5, 0.6) is 5.75 Å². The van der Waals surface area contributed by atoms with Gasteiger partial charge in [-0.05, 0) is 12.1 Å². The van der Waals surface area contributed by atoms with Crippen LogP contribution in [0.25, 0.3) is 0 Å². The van der Waals surface area contributed by atoms with Crippen LogP contribution in [-0.2, 0) is 0 Å². The standard InChI is InChI=1S/C17H16O2/c1-2-15(19-16-11-7-4-8-12-16)13-17(18)14-9-5-3-6-10-14/h2-12,15H,1,13H2. The Hall–Kier alpha value is -2.35. The van der Waals surface area contributed by atoms with Gasteiger partial charge in [0.15, 0.2) is 5.78 Å². The molecule has 2 rings (SSSR count). The lowest BCUT2D eigenvalue weighted by atomic mass is 10.1. The van der Waals surface area contributed by atoms with Crippen LogP contribution in [0.1, 0.15) is 16.8 Å². The van der Waals surface area contributed by atoms with Gasteiger partial charge in [0.05, 0.1) is 6.42 Å². The van der Waals surface area contributed by atoms with Crippen molar-refractivity contribution in [3.8, 4) is 5.75 Å². The molecule has 2 nitrogen and oxygen atoms in total. The number of carbonyl (C=O) groups excluding carboxylic acids is 1. The first-order valence-electron chi connectivity index (χ1n) is 6.22. The summed E-state index contributed by atoms with van der Waals surface area (Å²) in [6.45, 7) is 3.73. The number of hydrogen-bond donors (Lipinski definition) is 0. The van der Waals surface area contributed by atoms with E-state index in [1.54, 1.807) is 6.08 Å². The Kier molecular flexibility index (Phi) is 4.51. The number of para-hydroxylation sites is 1. The number of rotatable bonds is 6. The molecule has 1 atom stereocenters. The number of carbonyl (C=O) groups is 1. The number of benzene rings is 2. The maximum Gasteiger partial charge on any atom is 0.166 e. The molecule has 0 N–H and O–H groups in total. The van der Waals surface area contributed by atoms with Crippen LogP contribution in [0.3, 0.4) is 0 Å². The molecular formula is C17H16O2. The summed E-state index contributed by atoms with van der Waals surface area (Å²) in [7, 11) is 0. The summed E-state index contributed by atoms with van der Waals surface area (Å²) in [4.78, 5) is 12.1. The lowest BCUT2D eigenvalue weighted by Crippen LogP contribution is -2.18. The molecule has 0 radical (unpaired) electrons. The third-order valence-corrected chi connectivity index (χ3v) is 2.78. The van der Waals surface area contributed by atoms with Crippen LogP contribution in [0.15, 0.2) is 73.3 Å². The highest BCUT2D eigenvalue weighted by Crippen LogP contribution is 2.15. The maximum atomic E-state index is 12.1. The monoisotopic (exact) mass is 252 g/mol. The average Bonchev–Trinajstić information content (AvgIpc) is 2.48. The van der Waals surface area contributed by atoms with Gasteiger partial charge >= 0.3 is 0 Å². The molecule has 0 bridgehead atoms. The van der Waals surface area contributed by atoms with E-state index in [1.807, 2.05) is 60.7 Å². The summed E-state index contributed by atoms with van der Waals surface area (Å²) in [6, 6.07) is 18.7. The molecule has 96 valence electrons. The smallest absolute Gasteiger partial charge is 0.166 e. The Bertz CT molecular complexity index is 532. The van der Waals surface area contributed by atoms with Crippen molar-refractivity contribution in [3.63, 3.8) is 0 Å². The molecule has 0 aromatic heterocycles. The predicted molar refractivity (Wildman–Crippen MR) is 76.4 cm³/mol. The third kappa shape index (κ3) is 3.81. The number of ether oxygens (including phenoxy) is 1. The quantitative estimate of drug-likeness (QED) is 0.576. The van der Waals surface area contributed by atoms with Gasteiger partial charge in [-0.2, -0.15) is 0 Å². The van der Waals surface area contributed by atoms with Gasteiger partial charge in [-0.1, -0.05) is 61.2 Å². The van der Waals surface area contributed by atoms with Gasteiger partial charge in [0.25, 0.3) is 0 Å². The largest absolute Gasteiger partial charge is 0.486 e. The van der Waals surface area contributed by atoms with E-state index in [0.29, 0.717) is 12.0 Å². The third-order valence-electron chi connectivity index (χ3n) is 2.78. The van der Waals surface area contributed by atoms with Crippen molar-refractivity contribution in [1.29, 1.82) is 0 Å². The molecule has 2 heteroatoms. The molecule has 0 spiro atoms. The normalized spacial score (nSPS) is 11.6. The zero-order valence-corrected chi connectivity index (χ0v) is 10.7. The SMILES string of the molecule is C=CC(CC(=O)c1ccccc1)Oc1ccccc1. The summed E-state index contributed by atoms with van der Waals surface area (Å²) < 4.78 is 5.72. The fourth-order valence-corrected chi connectivity index (χ4v) is 1.77. The Labute approximate surface area is 113 Å². The second kappa shape index (κ2) is 6.55. The zero-order chi connectivity index (χ0) is 13.5. The fourth-order valence-electron chi connectivity index (χ4n) is 1.77. The van der Waals surface area contributed by atoms with Gasteiger partial charge in [-0.3, -0.25) is 4.79 Å². The Balaban J connectivity index is 2.00. The van der Waals surface area contributed by atoms with Gasteiger partial charge in [-0.25, -0.2) is 0 Å². The molecule has 1 unspecified atom stereocenters. The second-order valence-corrected chi connectivity index (χ2v) is 4.20. The molecule has 0 aliphatic heterocycles. The van der Waals surface area contributed by atoms with Crippen molar-refractivity contribution in [1.82, 2.24) is 0 Å². The van der Waals surface area contributed by atoms with Crippen LogP contribution in [0.4, 0.5) is 0 Å². The molecule has 0 saturated heterocycles. The van der Waals surface area contributed by atoms with Gasteiger partial charge in [0.2, 0.25) is 0 Å².